The van der Waals surface area contributed by atoms with Crippen LogP contribution in [0.4, 0.5) is 5.69 Å². The average molecular weight is 465 g/mol. The third-order valence-electron chi connectivity index (χ3n) is 6.36. The van der Waals surface area contributed by atoms with Crippen molar-refractivity contribution in [2.24, 2.45) is 0 Å². The molecule has 0 radical (unpaired) electrons. The van der Waals surface area contributed by atoms with Crippen molar-refractivity contribution in [3.8, 4) is 17.1 Å². The van der Waals surface area contributed by atoms with Crippen molar-refractivity contribution in [3.05, 3.63) is 60.0 Å². The summed E-state index contributed by atoms with van der Waals surface area (Å²) in [5, 5.41) is 3.51. The van der Waals surface area contributed by atoms with E-state index in [1.54, 1.807) is 17.4 Å². The maximum Gasteiger partial charge on any atom is 0.213 e. The molecule has 172 valence electrons. The Hall–Kier alpha value is -3.17. The molecular formula is C24H28N6O2S. The largest absolute Gasteiger partial charge is 0.379 e. The monoisotopic (exact) mass is 464 g/mol. The van der Waals surface area contributed by atoms with Crippen LogP contribution < -0.4 is 5.32 Å². The Bertz CT molecular complexity index is 1410. The van der Waals surface area contributed by atoms with Gasteiger partial charge in [0, 0.05) is 48.0 Å². The van der Waals surface area contributed by atoms with Crippen LogP contribution in [0.15, 0.2) is 48.7 Å². The molecule has 1 atom stereocenters. The van der Waals surface area contributed by atoms with Gasteiger partial charge in [-0.1, -0.05) is 18.2 Å². The summed E-state index contributed by atoms with van der Waals surface area (Å²) in [7, 11) is -3.17. The van der Waals surface area contributed by atoms with E-state index in [0.29, 0.717) is 18.7 Å². The first-order chi connectivity index (χ1) is 15.9. The minimum absolute atomic E-state index is 0.0480. The summed E-state index contributed by atoms with van der Waals surface area (Å²) in [5.74, 6) is 0.897. The van der Waals surface area contributed by atoms with Crippen molar-refractivity contribution < 1.29 is 8.42 Å². The van der Waals surface area contributed by atoms with Gasteiger partial charge in [0.15, 0.2) is 5.65 Å². The zero-order valence-electron chi connectivity index (χ0n) is 19.0. The highest BCUT2D eigenvalue weighted by Gasteiger charge is 2.30. The lowest BCUT2D eigenvalue weighted by atomic mass is 10.2. The fourth-order valence-electron chi connectivity index (χ4n) is 4.64. The van der Waals surface area contributed by atoms with Gasteiger partial charge in [-0.3, -0.25) is 0 Å². The topological polar surface area (TPSA) is 95.9 Å². The number of rotatable bonds is 6. The number of H-pyrrole nitrogens is 1. The Labute approximate surface area is 193 Å². The minimum Gasteiger partial charge on any atom is -0.379 e. The highest BCUT2D eigenvalue weighted by Crippen LogP contribution is 2.31. The van der Waals surface area contributed by atoms with E-state index in [-0.39, 0.29) is 11.8 Å². The second-order valence-corrected chi connectivity index (χ2v) is 10.7. The Morgan fingerprint density at radius 1 is 1.18 bits per heavy atom. The second-order valence-electron chi connectivity index (χ2n) is 8.49. The fraction of sp³-hybridized carbons (Fsp3) is 0.333. The van der Waals surface area contributed by atoms with Gasteiger partial charge >= 0.3 is 0 Å². The average Bonchev–Trinajstić information content (AvgIpc) is 3.52. The standard InChI is InChI=1S/C24H28N6O2S/c1-4-33(31,32)29-13-11-18(15-29)26-21-10-12-25-24-22(21)27-23(28-24)20-14-16(2)30(17(20)3)19-8-6-5-7-9-19/h5-10,12,14,18H,4,11,13,15H2,1-3H3,(H2,25,26,27,28). The molecule has 2 N–H and O–H groups in total. The lowest BCUT2D eigenvalue weighted by Gasteiger charge is -2.17. The van der Waals surface area contributed by atoms with E-state index in [0.717, 1.165) is 46.1 Å². The van der Waals surface area contributed by atoms with E-state index in [1.165, 1.54) is 0 Å². The summed E-state index contributed by atoms with van der Waals surface area (Å²) in [6.45, 7) is 6.88. The van der Waals surface area contributed by atoms with E-state index in [1.807, 2.05) is 24.3 Å². The van der Waals surface area contributed by atoms with Gasteiger partial charge in [0.2, 0.25) is 10.0 Å². The van der Waals surface area contributed by atoms with Gasteiger partial charge in [0.05, 0.1) is 11.4 Å². The number of nitrogens with one attached hydrogen (secondary N) is 2. The number of nitrogens with zero attached hydrogens (tertiary/aromatic N) is 4. The minimum atomic E-state index is -3.17. The summed E-state index contributed by atoms with van der Waals surface area (Å²) < 4.78 is 28.2. The molecule has 33 heavy (non-hydrogen) atoms. The molecule has 8 nitrogen and oxygen atoms in total. The first kappa shape index (κ1) is 21.7. The van der Waals surface area contributed by atoms with Crippen LogP contribution in [-0.2, 0) is 10.0 Å². The summed E-state index contributed by atoms with van der Waals surface area (Å²) >= 11 is 0. The molecule has 0 saturated carbocycles. The van der Waals surface area contributed by atoms with Crippen LogP contribution in [0.5, 0.6) is 0 Å². The van der Waals surface area contributed by atoms with E-state index < -0.39 is 10.0 Å². The van der Waals surface area contributed by atoms with E-state index in [2.05, 4.69) is 51.9 Å². The van der Waals surface area contributed by atoms with Crippen LogP contribution in [-0.4, -0.2) is 57.1 Å². The Morgan fingerprint density at radius 3 is 2.73 bits per heavy atom. The van der Waals surface area contributed by atoms with Crippen molar-refractivity contribution in [2.45, 2.75) is 33.2 Å². The number of sulfonamides is 1. The van der Waals surface area contributed by atoms with Crippen LogP contribution in [0.25, 0.3) is 28.2 Å². The molecule has 1 unspecified atom stereocenters. The number of hydrogen-bond donors (Lipinski definition) is 2. The molecule has 3 aromatic heterocycles. The molecule has 4 aromatic rings. The molecule has 4 heterocycles. The van der Waals surface area contributed by atoms with Crippen LogP contribution >= 0.6 is 0 Å². The Kier molecular flexibility index (Phi) is 5.46. The van der Waals surface area contributed by atoms with Gasteiger partial charge in [-0.15, -0.1) is 0 Å². The number of aromatic amines is 1. The third-order valence-corrected chi connectivity index (χ3v) is 8.21. The lowest BCUT2D eigenvalue weighted by Crippen LogP contribution is -2.32. The third kappa shape index (κ3) is 3.91. The molecule has 1 aliphatic rings. The number of imidazole rings is 1. The zero-order chi connectivity index (χ0) is 23.2. The van der Waals surface area contributed by atoms with Gasteiger partial charge in [-0.25, -0.2) is 18.4 Å². The molecule has 1 aliphatic heterocycles. The lowest BCUT2D eigenvalue weighted by molar-refractivity contribution is 0.476. The molecule has 1 aromatic carbocycles. The molecule has 0 amide bonds. The molecule has 9 heteroatoms. The smallest absolute Gasteiger partial charge is 0.213 e. The maximum atomic E-state index is 12.2. The first-order valence-corrected chi connectivity index (χ1v) is 12.8. The van der Waals surface area contributed by atoms with Crippen molar-refractivity contribution in [2.75, 3.05) is 24.2 Å². The summed E-state index contributed by atoms with van der Waals surface area (Å²) in [4.78, 5) is 12.7. The first-order valence-electron chi connectivity index (χ1n) is 11.2. The predicted molar refractivity (Wildman–Crippen MR) is 131 cm³/mol. The van der Waals surface area contributed by atoms with Gasteiger partial charge < -0.3 is 14.9 Å². The SMILES string of the molecule is CCS(=O)(=O)N1CCC(Nc2ccnc3nc(-c4cc(C)n(-c5ccccc5)c4C)[nH]c23)C1. The molecule has 0 spiro atoms. The van der Waals surface area contributed by atoms with Crippen LogP contribution in [0.1, 0.15) is 24.7 Å². The molecular weight excluding hydrogens is 436 g/mol. The van der Waals surface area contributed by atoms with Crippen molar-refractivity contribution in [1.29, 1.82) is 0 Å². The van der Waals surface area contributed by atoms with Crippen LogP contribution in [0.2, 0.25) is 0 Å². The number of para-hydroxylation sites is 1. The van der Waals surface area contributed by atoms with Crippen LogP contribution in [0.3, 0.4) is 0 Å². The summed E-state index contributed by atoms with van der Waals surface area (Å²) in [5.41, 5.74) is 6.72. The molecule has 0 aliphatic carbocycles. The van der Waals surface area contributed by atoms with Gasteiger partial charge in [-0.2, -0.15) is 4.31 Å². The number of benzene rings is 1. The number of fused-ring (bicyclic) bond motifs is 1. The van der Waals surface area contributed by atoms with Gasteiger partial charge in [0.1, 0.15) is 11.3 Å². The number of aromatic nitrogens is 4. The summed E-state index contributed by atoms with van der Waals surface area (Å²) in [6.07, 6.45) is 2.50. The van der Waals surface area contributed by atoms with Crippen molar-refractivity contribution in [1.82, 2.24) is 23.8 Å². The van der Waals surface area contributed by atoms with Crippen LogP contribution in [0, 0.1) is 13.8 Å². The number of hydrogen-bond acceptors (Lipinski definition) is 5. The van der Waals surface area contributed by atoms with E-state index in [4.69, 9.17) is 4.98 Å². The number of anilines is 1. The number of aryl methyl sites for hydroxylation is 1. The van der Waals surface area contributed by atoms with E-state index >= 15 is 0 Å². The zero-order valence-corrected chi connectivity index (χ0v) is 19.9. The van der Waals surface area contributed by atoms with Gasteiger partial charge in [-0.05, 0) is 51.5 Å². The van der Waals surface area contributed by atoms with Crippen molar-refractivity contribution in [3.63, 3.8) is 0 Å². The molecule has 1 fully saturated rings. The fourth-order valence-corrected chi connectivity index (χ4v) is 5.79. The Morgan fingerprint density at radius 2 is 1.97 bits per heavy atom. The quantitative estimate of drug-likeness (QED) is 0.452. The highest BCUT2D eigenvalue weighted by atomic mass is 32.2. The predicted octanol–water partition coefficient (Wildman–Crippen LogP) is 3.87. The molecule has 0 bridgehead atoms. The van der Waals surface area contributed by atoms with Gasteiger partial charge in [0.25, 0.3) is 0 Å². The second kappa shape index (κ2) is 8.31. The van der Waals surface area contributed by atoms with Crippen molar-refractivity contribution >= 4 is 26.9 Å². The number of pyridine rings is 1. The molecule has 5 rings (SSSR count). The normalized spacial score (nSPS) is 17.1. The summed E-state index contributed by atoms with van der Waals surface area (Å²) in [6, 6.07) is 14.4. The highest BCUT2D eigenvalue weighted by molar-refractivity contribution is 7.89. The molecule has 1 saturated heterocycles. The van der Waals surface area contributed by atoms with E-state index in [9.17, 15) is 8.42 Å². The maximum absolute atomic E-state index is 12.2. The Balaban J connectivity index is 1.46.